The van der Waals surface area contributed by atoms with E-state index in [1.165, 1.54) is 0 Å². The highest BCUT2D eigenvalue weighted by atomic mass is 32.1. The zero-order valence-electron chi connectivity index (χ0n) is 7.89. The maximum atomic E-state index is 11.4. The first-order chi connectivity index (χ1) is 6.15. The van der Waals surface area contributed by atoms with E-state index in [0.29, 0.717) is 11.0 Å². The van der Waals surface area contributed by atoms with Crippen LogP contribution in [0.25, 0.3) is 0 Å². The van der Waals surface area contributed by atoms with Crippen LogP contribution in [-0.2, 0) is 4.79 Å². The van der Waals surface area contributed by atoms with E-state index in [0.717, 1.165) is 13.0 Å². The van der Waals surface area contributed by atoms with Crippen molar-refractivity contribution < 1.29 is 4.79 Å². The smallest absolute Gasteiger partial charge is 0.242 e. The van der Waals surface area contributed by atoms with Crippen molar-refractivity contribution in [1.29, 1.82) is 0 Å². The van der Waals surface area contributed by atoms with Crippen LogP contribution in [-0.4, -0.2) is 30.7 Å². The monoisotopic (exact) mass is 201 g/mol. The first-order valence-electron chi connectivity index (χ1n) is 4.41. The molecule has 1 rings (SSSR count). The van der Waals surface area contributed by atoms with Gasteiger partial charge in [-0.25, -0.2) is 0 Å². The highest BCUT2D eigenvalue weighted by Gasteiger charge is 2.28. The van der Waals surface area contributed by atoms with Gasteiger partial charge in [-0.15, -0.1) is 0 Å². The van der Waals surface area contributed by atoms with E-state index in [1.807, 2.05) is 0 Å². The van der Waals surface area contributed by atoms with Gasteiger partial charge in [0.25, 0.3) is 0 Å². The molecule has 0 spiro atoms. The minimum atomic E-state index is -0.186. The van der Waals surface area contributed by atoms with Gasteiger partial charge in [-0.1, -0.05) is 6.92 Å². The van der Waals surface area contributed by atoms with Crippen molar-refractivity contribution in [2.24, 2.45) is 5.92 Å². The molecule has 0 aromatic heterocycles. The van der Waals surface area contributed by atoms with Gasteiger partial charge in [0, 0.05) is 13.6 Å². The first-order valence-corrected chi connectivity index (χ1v) is 4.82. The highest BCUT2D eigenvalue weighted by molar-refractivity contribution is 7.80. The van der Waals surface area contributed by atoms with Crippen LogP contribution in [0.1, 0.15) is 13.3 Å². The second-order valence-corrected chi connectivity index (χ2v) is 3.67. The Morgan fingerprint density at radius 3 is 2.92 bits per heavy atom. The van der Waals surface area contributed by atoms with Gasteiger partial charge in [0.1, 0.15) is 6.04 Å². The van der Waals surface area contributed by atoms with Crippen LogP contribution in [0.2, 0.25) is 0 Å². The van der Waals surface area contributed by atoms with E-state index >= 15 is 0 Å². The SMILES string of the molecule is CNC(=S)NC1C(=O)NCCC1C. The number of hydrogen-bond acceptors (Lipinski definition) is 2. The topological polar surface area (TPSA) is 53.2 Å². The fraction of sp³-hybridized carbons (Fsp3) is 0.750. The van der Waals surface area contributed by atoms with E-state index in [4.69, 9.17) is 12.2 Å². The van der Waals surface area contributed by atoms with E-state index in [9.17, 15) is 4.79 Å². The van der Waals surface area contributed by atoms with Gasteiger partial charge in [0.2, 0.25) is 5.91 Å². The van der Waals surface area contributed by atoms with Crippen LogP contribution in [0.4, 0.5) is 0 Å². The summed E-state index contributed by atoms with van der Waals surface area (Å²) < 4.78 is 0. The summed E-state index contributed by atoms with van der Waals surface area (Å²) in [7, 11) is 1.74. The van der Waals surface area contributed by atoms with Crippen LogP contribution in [0.3, 0.4) is 0 Å². The molecule has 3 N–H and O–H groups in total. The van der Waals surface area contributed by atoms with Crippen molar-refractivity contribution in [2.75, 3.05) is 13.6 Å². The zero-order chi connectivity index (χ0) is 9.84. The number of carbonyl (C=O) groups is 1. The molecule has 1 fully saturated rings. The number of carbonyl (C=O) groups excluding carboxylic acids is 1. The fourth-order valence-corrected chi connectivity index (χ4v) is 1.51. The summed E-state index contributed by atoms with van der Waals surface area (Å²) in [4.78, 5) is 11.4. The normalized spacial score (nSPS) is 27.7. The van der Waals surface area contributed by atoms with E-state index in [1.54, 1.807) is 7.05 Å². The lowest BCUT2D eigenvalue weighted by atomic mass is 9.94. The summed E-state index contributed by atoms with van der Waals surface area (Å²) in [6.07, 6.45) is 0.996. The van der Waals surface area contributed by atoms with Gasteiger partial charge < -0.3 is 16.0 Å². The molecule has 4 nitrogen and oxygen atoms in total. The maximum Gasteiger partial charge on any atom is 0.242 e. The molecule has 1 heterocycles. The van der Waals surface area contributed by atoms with E-state index in [-0.39, 0.29) is 11.9 Å². The molecule has 2 unspecified atom stereocenters. The van der Waals surface area contributed by atoms with Crippen LogP contribution in [0.15, 0.2) is 0 Å². The van der Waals surface area contributed by atoms with E-state index in [2.05, 4.69) is 22.9 Å². The van der Waals surface area contributed by atoms with Crippen molar-refractivity contribution in [2.45, 2.75) is 19.4 Å². The molecule has 13 heavy (non-hydrogen) atoms. The Morgan fingerprint density at radius 1 is 1.69 bits per heavy atom. The summed E-state index contributed by atoms with van der Waals surface area (Å²) in [6, 6.07) is -0.186. The maximum absolute atomic E-state index is 11.4. The second kappa shape index (κ2) is 4.41. The van der Waals surface area contributed by atoms with Crippen LogP contribution in [0.5, 0.6) is 0 Å². The Bertz CT molecular complexity index is 219. The molecule has 1 aliphatic rings. The Morgan fingerprint density at radius 2 is 2.38 bits per heavy atom. The summed E-state index contributed by atoms with van der Waals surface area (Å²) in [5.41, 5.74) is 0. The molecule has 5 heteroatoms. The lowest BCUT2D eigenvalue weighted by Gasteiger charge is -2.29. The lowest BCUT2D eigenvalue weighted by Crippen LogP contribution is -2.55. The molecule has 1 aliphatic heterocycles. The quantitative estimate of drug-likeness (QED) is 0.506. The molecule has 2 atom stereocenters. The number of piperidine rings is 1. The Labute approximate surface area is 83.5 Å². The molecule has 1 amide bonds. The molecule has 0 radical (unpaired) electrons. The van der Waals surface area contributed by atoms with Gasteiger partial charge in [0.05, 0.1) is 0 Å². The number of thiocarbonyl (C=S) groups is 1. The summed E-state index contributed by atoms with van der Waals surface area (Å²) in [6.45, 7) is 2.82. The second-order valence-electron chi connectivity index (χ2n) is 3.26. The summed E-state index contributed by atoms with van der Waals surface area (Å²) in [5, 5.41) is 9.10. The minimum absolute atomic E-state index is 0.0383. The number of amides is 1. The number of nitrogens with one attached hydrogen (secondary N) is 3. The van der Waals surface area contributed by atoms with Crippen molar-refractivity contribution in [3.63, 3.8) is 0 Å². The Hall–Kier alpha value is -0.840. The van der Waals surface area contributed by atoms with Gasteiger partial charge in [-0.2, -0.15) is 0 Å². The molecule has 0 saturated carbocycles. The molecule has 0 aromatic carbocycles. The molecule has 1 saturated heterocycles. The largest absolute Gasteiger partial charge is 0.366 e. The van der Waals surface area contributed by atoms with Crippen molar-refractivity contribution in [1.82, 2.24) is 16.0 Å². The fourth-order valence-electron chi connectivity index (χ4n) is 1.38. The predicted octanol–water partition coefficient (Wildman–Crippen LogP) is -0.395. The Kier molecular flexibility index (Phi) is 3.48. The van der Waals surface area contributed by atoms with E-state index < -0.39 is 0 Å². The highest BCUT2D eigenvalue weighted by Crippen LogP contribution is 2.11. The third-order valence-electron chi connectivity index (χ3n) is 2.26. The predicted molar refractivity (Wildman–Crippen MR) is 55.4 cm³/mol. The van der Waals surface area contributed by atoms with Crippen molar-refractivity contribution in [3.8, 4) is 0 Å². The standard InChI is InChI=1S/C8H15N3OS/c1-5-3-4-10-7(12)6(5)11-8(13)9-2/h5-6H,3-4H2,1-2H3,(H,10,12)(H2,9,11,13). The third kappa shape index (κ3) is 2.55. The lowest BCUT2D eigenvalue weighted by molar-refractivity contribution is -0.125. The molecular weight excluding hydrogens is 186 g/mol. The number of rotatable bonds is 1. The minimum Gasteiger partial charge on any atom is -0.366 e. The van der Waals surface area contributed by atoms with Crippen molar-refractivity contribution >= 4 is 23.2 Å². The molecular formula is C8H15N3OS. The van der Waals surface area contributed by atoms with Crippen LogP contribution < -0.4 is 16.0 Å². The van der Waals surface area contributed by atoms with Gasteiger partial charge >= 0.3 is 0 Å². The van der Waals surface area contributed by atoms with Gasteiger partial charge in [-0.05, 0) is 24.6 Å². The zero-order valence-corrected chi connectivity index (χ0v) is 8.70. The Balaban J connectivity index is 2.53. The molecule has 74 valence electrons. The average molecular weight is 201 g/mol. The van der Waals surface area contributed by atoms with Crippen molar-refractivity contribution in [3.05, 3.63) is 0 Å². The first kappa shape index (κ1) is 10.2. The summed E-state index contributed by atoms with van der Waals surface area (Å²) in [5.74, 6) is 0.372. The van der Waals surface area contributed by atoms with Crippen LogP contribution in [0, 0.1) is 5.92 Å². The molecule has 0 bridgehead atoms. The average Bonchev–Trinajstić information content (AvgIpc) is 2.11. The van der Waals surface area contributed by atoms with Gasteiger partial charge in [-0.3, -0.25) is 4.79 Å². The number of hydrogen-bond donors (Lipinski definition) is 3. The molecule has 0 aromatic rings. The molecule has 0 aliphatic carbocycles. The van der Waals surface area contributed by atoms with Crippen LogP contribution >= 0.6 is 12.2 Å². The third-order valence-corrected chi connectivity index (χ3v) is 2.59. The summed E-state index contributed by atoms with van der Waals surface area (Å²) >= 11 is 4.94. The van der Waals surface area contributed by atoms with Gasteiger partial charge in [0.15, 0.2) is 5.11 Å².